The zero-order valence-corrected chi connectivity index (χ0v) is 11.9. The Kier molecular flexibility index (Phi) is 6.55. The van der Waals surface area contributed by atoms with Crippen LogP contribution in [0.5, 0.6) is 0 Å². The van der Waals surface area contributed by atoms with Gasteiger partial charge in [-0.2, -0.15) is 0 Å². The first-order valence-electron chi connectivity index (χ1n) is 5.99. The number of aliphatic hydroxyl groups excluding tert-OH is 1. The van der Waals surface area contributed by atoms with E-state index >= 15 is 0 Å². The van der Waals surface area contributed by atoms with Crippen LogP contribution in [0.1, 0.15) is 24.8 Å². The number of hydrogen-bond donors (Lipinski definition) is 2. The molecule has 3 nitrogen and oxygen atoms in total. The summed E-state index contributed by atoms with van der Waals surface area (Å²) in [5.41, 5.74) is 7.94. The van der Waals surface area contributed by atoms with Crippen molar-refractivity contribution >= 4 is 21.6 Å². The van der Waals surface area contributed by atoms with E-state index in [9.17, 15) is 0 Å². The Bertz CT molecular complexity index is 344. The van der Waals surface area contributed by atoms with Gasteiger partial charge in [-0.1, -0.05) is 22.0 Å². The Morgan fingerprint density at radius 3 is 2.65 bits per heavy atom. The number of benzene rings is 1. The van der Waals surface area contributed by atoms with E-state index in [-0.39, 0.29) is 0 Å². The first-order valence-corrected chi connectivity index (χ1v) is 6.79. The summed E-state index contributed by atoms with van der Waals surface area (Å²) < 4.78 is 1.07. The highest BCUT2D eigenvalue weighted by Gasteiger charge is 2.04. The van der Waals surface area contributed by atoms with Crippen molar-refractivity contribution in [3.8, 4) is 0 Å². The molecule has 0 aliphatic rings. The topological polar surface area (TPSA) is 49.5 Å². The van der Waals surface area contributed by atoms with Gasteiger partial charge >= 0.3 is 0 Å². The van der Waals surface area contributed by atoms with Gasteiger partial charge in [0.05, 0.1) is 0 Å². The number of nitrogens with two attached hydrogens (primary N) is 1. The molecule has 1 aromatic carbocycles. The van der Waals surface area contributed by atoms with E-state index in [4.69, 9.17) is 10.8 Å². The van der Waals surface area contributed by atoms with Crippen molar-refractivity contribution in [2.24, 2.45) is 5.73 Å². The third kappa shape index (κ3) is 4.66. The van der Waals surface area contributed by atoms with Crippen LogP contribution in [-0.2, 0) is 6.54 Å². The van der Waals surface area contributed by atoms with Crippen LogP contribution in [0.15, 0.2) is 22.7 Å². The SMILES string of the molecule is CN(CCCCCO)c1ccc(CN)c(Br)c1. The minimum Gasteiger partial charge on any atom is -0.396 e. The summed E-state index contributed by atoms with van der Waals surface area (Å²) in [6.07, 6.45) is 3.07. The Morgan fingerprint density at radius 2 is 2.06 bits per heavy atom. The Hall–Kier alpha value is -0.580. The molecule has 0 heterocycles. The predicted octanol–water partition coefficient (Wildman–Crippen LogP) is 2.51. The highest BCUT2D eigenvalue weighted by molar-refractivity contribution is 9.10. The van der Waals surface area contributed by atoms with E-state index in [2.05, 4.69) is 46.1 Å². The van der Waals surface area contributed by atoms with Gasteiger partial charge in [0.2, 0.25) is 0 Å². The molecule has 0 bridgehead atoms. The fourth-order valence-corrected chi connectivity index (χ4v) is 2.23. The summed E-state index contributed by atoms with van der Waals surface area (Å²) >= 11 is 3.53. The van der Waals surface area contributed by atoms with Gasteiger partial charge in [-0.3, -0.25) is 0 Å². The largest absolute Gasteiger partial charge is 0.396 e. The normalized spacial score (nSPS) is 10.6. The zero-order chi connectivity index (χ0) is 12.7. The molecular formula is C13H21BrN2O. The molecule has 3 N–H and O–H groups in total. The molecule has 4 heteroatoms. The van der Waals surface area contributed by atoms with Gasteiger partial charge in [0.15, 0.2) is 0 Å². The molecule has 0 fully saturated rings. The summed E-state index contributed by atoms with van der Waals surface area (Å²) in [5.74, 6) is 0. The second-order valence-electron chi connectivity index (χ2n) is 4.19. The van der Waals surface area contributed by atoms with Crippen molar-refractivity contribution in [1.29, 1.82) is 0 Å². The van der Waals surface area contributed by atoms with Crippen molar-refractivity contribution < 1.29 is 5.11 Å². The maximum absolute atomic E-state index is 8.71. The van der Waals surface area contributed by atoms with E-state index in [0.29, 0.717) is 13.2 Å². The first kappa shape index (κ1) is 14.5. The second-order valence-corrected chi connectivity index (χ2v) is 5.04. The average Bonchev–Trinajstić information content (AvgIpc) is 2.34. The van der Waals surface area contributed by atoms with Crippen molar-refractivity contribution in [2.75, 3.05) is 25.1 Å². The molecule has 0 unspecified atom stereocenters. The number of halogens is 1. The monoisotopic (exact) mass is 300 g/mol. The second kappa shape index (κ2) is 7.69. The molecule has 0 aromatic heterocycles. The summed E-state index contributed by atoms with van der Waals surface area (Å²) in [5, 5.41) is 8.71. The number of unbranched alkanes of at least 4 members (excludes halogenated alkanes) is 2. The minimum atomic E-state index is 0.292. The van der Waals surface area contributed by atoms with Crippen molar-refractivity contribution in [3.63, 3.8) is 0 Å². The van der Waals surface area contributed by atoms with Crippen LogP contribution < -0.4 is 10.6 Å². The van der Waals surface area contributed by atoms with Gasteiger partial charge in [-0.05, 0) is 37.0 Å². The molecule has 0 aliphatic heterocycles. The van der Waals surface area contributed by atoms with Crippen LogP contribution in [0, 0.1) is 0 Å². The number of anilines is 1. The third-order valence-corrected chi connectivity index (χ3v) is 3.59. The number of hydrogen-bond acceptors (Lipinski definition) is 3. The lowest BCUT2D eigenvalue weighted by Gasteiger charge is -2.20. The van der Waals surface area contributed by atoms with Crippen molar-refractivity contribution in [1.82, 2.24) is 0 Å². The van der Waals surface area contributed by atoms with Crippen LogP contribution in [0.2, 0.25) is 0 Å². The molecule has 0 saturated heterocycles. The maximum atomic E-state index is 8.71. The van der Waals surface area contributed by atoms with Crippen LogP contribution in [0.25, 0.3) is 0 Å². The smallest absolute Gasteiger partial charge is 0.0431 e. The summed E-state index contributed by atoms with van der Waals surface area (Å²) in [7, 11) is 2.09. The van der Waals surface area contributed by atoms with Crippen molar-refractivity contribution in [3.05, 3.63) is 28.2 Å². The summed E-state index contributed by atoms with van der Waals surface area (Å²) in [6, 6.07) is 6.26. The summed E-state index contributed by atoms with van der Waals surface area (Å²) in [6.45, 7) is 1.86. The van der Waals surface area contributed by atoms with Gasteiger partial charge in [0.25, 0.3) is 0 Å². The fraction of sp³-hybridized carbons (Fsp3) is 0.538. The standard InChI is InChI=1S/C13H21BrN2O/c1-16(7-3-2-4-8-17)12-6-5-11(10-15)13(14)9-12/h5-6,9,17H,2-4,7-8,10,15H2,1H3. The Morgan fingerprint density at radius 1 is 1.29 bits per heavy atom. The lowest BCUT2D eigenvalue weighted by Crippen LogP contribution is -2.18. The molecule has 0 aliphatic carbocycles. The zero-order valence-electron chi connectivity index (χ0n) is 10.3. The molecule has 96 valence electrons. The molecule has 1 rings (SSSR count). The van der Waals surface area contributed by atoms with Crippen molar-refractivity contribution in [2.45, 2.75) is 25.8 Å². The molecule has 0 atom stereocenters. The number of aliphatic hydroxyl groups is 1. The highest BCUT2D eigenvalue weighted by atomic mass is 79.9. The fourth-order valence-electron chi connectivity index (χ4n) is 1.71. The molecular weight excluding hydrogens is 280 g/mol. The van der Waals surface area contributed by atoms with E-state index in [0.717, 1.165) is 35.8 Å². The first-order chi connectivity index (χ1) is 8.19. The third-order valence-electron chi connectivity index (χ3n) is 2.85. The molecule has 0 radical (unpaired) electrons. The van der Waals surface area contributed by atoms with Crippen LogP contribution in [0.3, 0.4) is 0 Å². The quantitative estimate of drug-likeness (QED) is 0.761. The van der Waals surface area contributed by atoms with Crippen LogP contribution in [0.4, 0.5) is 5.69 Å². The average molecular weight is 301 g/mol. The van der Waals surface area contributed by atoms with Gasteiger partial charge in [0, 0.05) is 36.9 Å². The van der Waals surface area contributed by atoms with Gasteiger partial charge in [-0.25, -0.2) is 0 Å². The predicted molar refractivity (Wildman–Crippen MR) is 76.2 cm³/mol. The van der Waals surface area contributed by atoms with Crippen LogP contribution >= 0.6 is 15.9 Å². The highest BCUT2D eigenvalue weighted by Crippen LogP contribution is 2.23. The lowest BCUT2D eigenvalue weighted by molar-refractivity contribution is 0.283. The Balaban J connectivity index is 2.51. The number of rotatable bonds is 7. The van der Waals surface area contributed by atoms with Gasteiger partial charge < -0.3 is 15.7 Å². The summed E-state index contributed by atoms with van der Waals surface area (Å²) in [4.78, 5) is 2.22. The van der Waals surface area contributed by atoms with Crippen LogP contribution in [-0.4, -0.2) is 25.3 Å². The molecule has 1 aromatic rings. The maximum Gasteiger partial charge on any atom is 0.0431 e. The molecule has 17 heavy (non-hydrogen) atoms. The number of nitrogens with zero attached hydrogens (tertiary/aromatic N) is 1. The molecule has 0 saturated carbocycles. The van der Waals surface area contributed by atoms with E-state index in [1.807, 2.05) is 0 Å². The Labute approximate surface area is 112 Å². The van der Waals surface area contributed by atoms with E-state index in [1.165, 1.54) is 5.69 Å². The van der Waals surface area contributed by atoms with Gasteiger partial charge in [0.1, 0.15) is 0 Å². The molecule has 0 amide bonds. The van der Waals surface area contributed by atoms with E-state index in [1.54, 1.807) is 0 Å². The minimum absolute atomic E-state index is 0.292. The molecule has 0 spiro atoms. The lowest BCUT2D eigenvalue weighted by atomic mass is 10.2. The van der Waals surface area contributed by atoms with Gasteiger partial charge in [-0.15, -0.1) is 0 Å². The van der Waals surface area contributed by atoms with E-state index < -0.39 is 0 Å².